The quantitative estimate of drug-likeness (QED) is 0.566. The first-order valence-electron chi connectivity index (χ1n) is 9.49. The lowest BCUT2D eigenvalue weighted by atomic mass is 9.82. The van der Waals surface area contributed by atoms with Crippen molar-refractivity contribution in [3.05, 3.63) is 113 Å². The van der Waals surface area contributed by atoms with Crippen LogP contribution in [0.2, 0.25) is 0 Å². The van der Waals surface area contributed by atoms with Crippen LogP contribution in [0.3, 0.4) is 0 Å². The molecule has 27 heavy (non-hydrogen) atoms. The molecule has 0 amide bonds. The van der Waals surface area contributed by atoms with Gasteiger partial charge in [0.1, 0.15) is 5.82 Å². The Kier molecular flexibility index (Phi) is 5.17. The van der Waals surface area contributed by atoms with E-state index in [4.69, 9.17) is 0 Å². The minimum absolute atomic E-state index is 0.147. The number of hydrogen-bond donors (Lipinski definition) is 0. The third kappa shape index (κ3) is 4.01. The van der Waals surface area contributed by atoms with E-state index in [1.165, 1.54) is 27.8 Å². The molecule has 0 aromatic heterocycles. The van der Waals surface area contributed by atoms with Crippen LogP contribution in [0, 0.1) is 5.82 Å². The van der Waals surface area contributed by atoms with Gasteiger partial charge in [-0.25, -0.2) is 4.39 Å². The summed E-state index contributed by atoms with van der Waals surface area (Å²) in [5.74, 6) is -0.147. The van der Waals surface area contributed by atoms with Crippen LogP contribution in [0.1, 0.15) is 28.7 Å². The molecular weight excluding hydrogens is 333 g/mol. The van der Waals surface area contributed by atoms with Gasteiger partial charge in [0.25, 0.3) is 0 Å². The molecule has 136 valence electrons. The molecule has 0 unspecified atom stereocenters. The van der Waals surface area contributed by atoms with Crippen molar-refractivity contribution in [2.45, 2.75) is 19.4 Å². The lowest BCUT2D eigenvalue weighted by molar-refractivity contribution is 0.351. The largest absolute Gasteiger partial charge is 0.298 e. The fourth-order valence-electron chi connectivity index (χ4n) is 4.01. The molecule has 0 radical (unpaired) electrons. The second-order valence-corrected chi connectivity index (χ2v) is 7.30. The molecule has 3 aromatic carbocycles. The molecule has 0 heterocycles. The third-order valence-electron chi connectivity index (χ3n) is 5.20. The Morgan fingerprint density at radius 3 is 2.26 bits per heavy atom. The highest BCUT2D eigenvalue weighted by molar-refractivity contribution is 5.85. The van der Waals surface area contributed by atoms with Gasteiger partial charge in [-0.3, -0.25) is 4.90 Å². The Balaban J connectivity index is 1.69. The number of hydrogen-bond acceptors (Lipinski definition) is 1. The number of aryl methyl sites for hydroxylation is 1. The summed E-state index contributed by atoms with van der Waals surface area (Å²) in [6, 6.07) is 26.3. The molecule has 0 fully saturated rings. The van der Waals surface area contributed by atoms with Gasteiger partial charge in [0.2, 0.25) is 0 Å². The summed E-state index contributed by atoms with van der Waals surface area (Å²) in [5.41, 5.74) is 7.53. The molecule has 2 heteroatoms. The first-order valence-corrected chi connectivity index (χ1v) is 9.49. The Morgan fingerprint density at radius 1 is 0.815 bits per heavy atom. The van der Waals surface area contributed by atoms with Crippen molar-refractivity contribution in [1.29, 1.82) is 0 Å². The Bertz CT molecular complexity index is 945. The van der Waals surface area contributed by atoms with E-state index in [0.29, 0.717) is 0 Å². The minimum atomic E-state index is -0.147. The maximum Gasteiger partial charge on any atom is 0.123 e. The van der Waals surface area contributed by atoms with Crippen LogP contribution in [0.5, 0.6) is 0 Å². The number of rotatable bonds is 5. The maximum absolute atomic E-state index is 13.7. The average Bonchev–Trinajstić information content (AvgIpc) is 2.69. The van der Waals surface area contributed by atoms with Gasteiger partial charge in [0.15, 0.2) is 0 Å². The Morgan fingerprint density at radius 2 is 1.52 bits per heavy atom. The van der Waals surface area contributed by atoms with Gasteiger partial charge in [0.05, 0.1) is 0 Å². The van der Waals surface area contributed by atoms with Gasteiger partial charge in [-0.1, -0.05) is 66.7 Å². The molecule has 3 aromatic rings. The van der Waals surface area contributed by atoms with E-state index in [0.717, 1.165) is 31.5 Å². The van der Waals surface area contributed by atoms with Crippen LogP contribution in [0.4, 0.5) is 4.39 Å². The zero-order chi connectivity index (χ0) is 18.6. The van der Waals surface area contributed by atoms with E-state index in [2.05, 4.69) is 66.5 Å². The molecule has 1 aliphatic rings. The van der Waals surface area contributed by atoms with E-state index in [1.807, 2.05) is 12.1 Å². The number of benzene rings is 3. The van der Waals surface area contributed by atoms with Crippen LogP contribution in [0.25, 0.3) is 5.57 Å². The molecule has 4 rings (SSSR count). The average molecular weight is 357 g/mol. The van der Waals surface area contributed by atoms with Crippen LogP contribution in [0.15, 0.2) is 84.4 Å². The maximum atomic E-state index is 13.7. The molecule has 0 atom stereocenters. The topological polar surface area (TPSA) is 3.24 Å². The van der Waals surface area contributed by atoms with Crippen molar-refractivity contribution in [3.8, 4) is 0 Å². The summed E-state index contributed by atoms with van der Waals surface area (Å²) < 4.78 is 13.7. The predicted octanol–water partition coefficient (Wildman–Crippen LogP) is 5.71. The molecular formula is C25H24FN. The van der Waals surface area contributed by atoms with Crippen molar-refractivity contribution in [2.24, 2.45) is 0 Å². The van der Waals surface area contributed by atoms with Gasteiger partial charge < -0.3 is 0 Å². The number of nitrogens with zero attached hydrogens (tertiary/aromatic N) is 1. The smallest absolute Gasteiger partial charge is 0.123 e. The Hall–Kier alpha value is -2.71. The van der Waals surface area contributed by atoms with Crippen molar-refractivity contribution in [3.63, 3.8) is 0 Å². The molecule has 1 aliphatic carbocycles. The summed E-state index contributed by atoms with van der Waals surface area (Å²) in [7, 11) is 2.17. The van der Waals surface area contributed by atoms with Crippen molar-refractivity contribution < 1.29 is 4.39 Å². The molecule has 0 saturated heterocycles. The summed E-state index contributed by atoms with van der Waals surface area (Å²) in [4.78, 5) is 2.36. The van der Waals surface area contributed by atoms with Crippen LogP contribution in [-0.4, -0.2) is 18.5 Å². The van der Waals surface area contributed by atoms with Gasteiger partial charge >= 0.3 is 0 Å². The number of halogens is 1. The highest BCUT2D eigenvalue weighted by Gasteiger charge is 2.21. The lowest BCUT2D eigenvalue weighted by Crippen LogP contribution is -2.23. The Labute approximate surface area is 160 Å². The van der Waals surface area contributed by atoms with Crippen molar-refractivity contribution in [2.75, 3.05) is 13.6 Å². The van der Waals surface area contributed by atoms with E-state index >= 15 is 0 Å². The van der Waals surface area contributed by atoms with Gasteiger partial charge in [0, 0.05) is 13.1 Å². The van der Waals surface area contributed by atoms with Crippen LogP contribution < -0.4 is 0 Å². The monoisotopic (exact) mass is 357 g/mol. The van der Waals surface area contributed by atoms with E-state index in [1.54, 1.807) is 12.1 Å². The molecule has 0 bridgehead atoms. The summed E-state index contributed by atoms with van der Waals surface area (Å²) in [5, 5.41) is 0. The summed E-state index contributed by atoms with van der Waals surface area (Å²) >= 11 is 0. The van der Waals surface area contributed by atoms with Crippen molar-refractivity contribution in [1.82, 2.24) is 4.90 Å². The third-order valence-corrected chi connectivity index (χ3v) is 5.20. The van der Waals surface area contributed by atoms with E-state index < -0.39 is 0 Å². The van der Waals surface area contributed by atoms with Crippen molar-refractivity contribution >= 4 is 5.57 Å². The SMILES string of the molecule is CN(CC1=C(c2ccccc2)c2ccc(F)cc2CC1)Cc1ccccc1. The fraction of sp³-hybridized carbons (Fsp3) is 0.200. The lowest BCUT2D eigenvalue weighted by Gasteiger charge is -2.27. The normalized spacial score (nSPS) is 13.7. The number of fused-ring (bicyclic) bond motifs is 1. The standard InChI is InChI=1S/C25H24FN/c1-27(17-19-8-4-2-5-9-19)18-22-13-12-21-16-23(26)14-15-24(21)25(22)20-10-6-3-7-11-20/h2-11,14-16H,12-13,17-18H2,1H3. The molecule has 0 saturated carbocycles. The first-order chi connectivity index (χ1) is 13.2. The van der Waals surface area contributed by atoms with Crippen LogP contribution >= 0.6 is 0 Å². The summed E-state index contributed by atoms with van der Waals surface area (Å²) in [6.45, 7) is 1.83. The van der Waals surface area contributed by atoms with Gasteiger partial charge in [-0.05, 0) is 65.4 Å². The highest BCUT2D eigenvalue weighted by Crippen LogP contribution is 2.36. The van der Waals surface area contributed by atoms with Gasteiger partial charge in [-0.2, -0.15) is 0 Å². The fourth-order valence-corrected chi connectivity index (χ4v) is 4.01. The second-order valence-electron chi connectivity index (χ2n) is 7.30. The molecule has 0 spiro atoms. The van der Waals surface area contributed by atoms with Gasteiger partial charge in [-0.15, -0.1) is 0 Å². The molecule has 0 N–H and O–H groups in total. The predicted molar refractivity (Wildman–Crippen MR) is 110 cm³/mol. The van der Waals surface area contributed by atoms with E-state index in [9.17, 15) is 4.39 Å². The minimum Gasteiger partial charge on any atom is -0.298 e. The summed E-state index contributed by atoms with van der Waals surface area (Å²) in [6.07, 6.45) is 1.87. The zero-order valence-corrected chi connectivity index (χ0v) is 15.7. The molecule has 0 aliphatic heterocycles. The highest BCUT2D eigenvalue weighted by atomic mass is 19.1. The van der Waals surface area contributed by atoms with E-state index in [-0.39, 0.29) is 5.82 Å². The van der Waals surface area contributed by atoms with Crippen LogP contribution in [-0.2, 0) is 13.0 Å². The zero-order valence-electron chi connectivity index (χ0n) is 15.7. The number of likely N-dealkylation sites (N-methyl/N-ethyl adjacent to an activating group) is 1. The first kappa shape index (κ1) is 17.7. The second kappa shape index (κ2) is 7.89. The molecule has 1 nitrogen and oxygen atoms in total.